The number of nitrogens with zero attached hydrogens (tertiary/aromatic N) is 3. The van der Waals surface area contributed by atoms with E-state index in [-0.39, 0.29) is 23.4 Å². The number of nitrogens with one attached hydrogen (secondary N) is 2. The molecule has 3 aromatic rings. The maximum absolute atomic E-state index is 12.6. The van der Waals surface area contributed by atoms with E-state index in [1.54, 1.807) is 18.2 Å². The van der Waals surface area contributed by atoms with Crippen LogP contribution in [0.2, 0.25) is 0 Å². The Labute approximate surface area is 153 Å². The van der Waals surface area contributed by atoms with Gasteiger partial charge >= 0.3 is 6.61 Å². The number of amides is 1. The Hall–Kier alpha value is -3.07. The van der Waals surface area contributed by atoms with Gasteiger partial charge in [-0.05, 0) is 37.3 Å². The quantitative estimate of drug-likeness (QED) is 0.735. The van der Waals surface area contributed by atoms with E-state index in [0.717, 1.165) is 5.69 Å². The van der Waals surface area contributed by atoms with E-state index in [2.05, 4.69) is 25.5 Å². The fraction of sp³-hybridized carbons (Fsp3) is 0.278. The zero-order valence-electron chi connectivity index (χ0n) is 14.4. The third-order valence-electron chi connectivity index (χ3n) is 4.37. The Bertz CT molecular complexity index is 1000. The van der Waals surface area contributed by atoms with Gasteiger partial charge in [-0.1, -0.05) is 0 Å². The second-order valence-corrected chi connectivity index (χ2v) is 6.33. The highest BCUT2D eigenvalue weighted by Gasteiger charge is 2.20. The molecule has 3 heterocycles. The van der Waals surface area contributed by atoms with Gasteiger partial charge in [-0.3, -0.25) is 14.5 Å². The second-order valence-electron chi connectivity index (χ2n) is 6.33. The Balaban J connectivity index is 1.63. The summed E-state index contributed by atoms with van der Waals surface area (Å²) in [6.07, 6.45) is 1.52. The molecule has 0 bridgehead atoms. The van der Waals surface area contributed by atoms with Crippen LogP contribution in [-0.2, 0) is 13.1 Å². The molecule has 1 aliphatic rings. The van der Waals surface area contributed by atoms with Crippen molar-refractivity contribution in [3.05, 3.63) is 47.9 Å². The molecule has 2 aromatic heterocycles. The second kappa shape index (κ2) is 6.92. The summed E-state index contributed by atoms with van der Waals surface area (Å²) in [6.45, 7) is 0.436. The number of alkyl halides is 2. The van der Waals surface area contributed by atoms with Gasteiger partial charge in [0.25, 0.3) is 5.91 Å². The molecule has 7 nitrogen and oxygen atoms in total. The average molecular weight is 373 g/mol. The van der Waals surface area contributed by atoms with Crippen LogP contribution in [0.3, 0.4) is 0 Å². The first-order valence-corrected chi connectivity index (χ1v) is 8.45. The Morgan fingerprint density at radius 1 is 1.41 bits per heavy atom. The van der Waals surface area contributed by atoms with Crippen LogP contribution in [0.25, 0.3) is 10.9 Å². The van der Waals surface area contributed by atoms with E-state index in [1.807, 2.05) is 11.6 Å². The molecule has 0 saturated carbocycles. The minimum Gasteiger partial charge on any atom is -0.434 e. The van der Waals surface area contributed by atoms with Crippen molar-refractivity contribution in [1.29, 1.82) is 0 Å². The predicted molar refractivity (Wildman–Crippen MR) is 94.9 cm³/mol. The Morgan fingerprint density at radius 3 is 3.07 bits per heavy atom. The number of carbonyl (C=O) groups is 1. The number of rotatable bonds is 4. The van der Waals surface area contributed by atoms with Gasteiger partial charge in [0.2, 0.25) is 0 Å². The lowest BCUT2D eigenvalue weighted by molar-refractivity contribution is -0.0488. The molecule has 0 fully saturated rings. The van der Waals surface area contributed by atoms with Crippen LogP contribution in [0.1, 0.15) is 23.1 Å². The Kier molecular flexibility index (Phi) is 4.44. The molecule has 1 aliphatic heterocycles. The molecule has 2 N–H and O–H groups in total. The minimum absolute atomic E-state index is 0.00335. The highest BCUT2D eigenvalue weighted by atomic mass is 19.3. The number of carbonyl (C=O) groups excluding carboxylic acids is 1. The topological polar surface area (TPSA) is 81.1 Å². The molecule has 9 heteroatoms. The molecule has 0 radical (unpaired) electrons. The molecule has 4 rings (SSSR count). The average Bonchev–Trinajstić information content (AvgIpc) is 3.06. The van der Waals surface area contributed by atoms with Gasteiger partial charge in [0.15, 0.2) is 5.69 Å². The molecular weight excluding hydrogens is 356 g/mol. The van der Waals surface area contributed by atoms with Gasteiger partial charge < -0.3 is 15.4 Å². The van der Waals surface area contributed by atoms with E-state index in [9.17, 15) is 13.6 Å². The van der Waals surface area contributed by atoms with Crippen molar-refractivity contribution in [2.75, 3.05) is 5.32 Å². The maximum atomic E-state index is 12.6. The molecule has 1 amide bonds. The van der Waals surface area contributed by atoms with Crippen LogP contribution in [0.5, 0.6) is 5.75 Å². The van der Waals surface area contributed by atoms with Gasteiger partial charge in [0.05, 0.1) is 23.4 Å². The predicted octanol–water partition coefficient (Wildman–Crippen LogP) is 2.78. The van der Waals surface area contributed by atoms with Crippen LogP contribution in [-0.4, -0.2) is 33.3 Å². The maximum Gasteiger partial charge on any atom is 0.387 e. The summed E-state index contributed by atoms with van der Waals surface area (Å²) >= 11 is 0. The zero-order valence-corrected chi connectivity index (χ0v) is 14.4. The zero-order chi connectivity index (χ0) is 19.0. The molecule has 27 heavy (non-hydrogen) atoms. The SMILES string of the molecule is CC1Cn2nc(C(=O)Nc3ccc(OC(F)F)c4cccnc34)cc2CN1. The normalized spacial score (nSPS) is 16.4. The first kappa shape index (κ1) is 17.3. The lowest BCUT2D eigenvalue weighted by atomic mass is 10.1. The number of ether oxygens (including phenoxy) is 1. The minimum atomic E-state index is -2.94. The summed E-state index contributed by atoms with van der Waals surface area (Å²) < 4.78 is 31.5. The summed E-state index contributed by atoms with van der Waals surface area (Å²) in [5.74, 6) is -0.386. The van der Waals surface area contributed by atoms with Gasteiger partial charge in [-0.15, -0.1) is 0 Å². The van der Waals surface area contributed by atoms with Crippen LogP contribution in [0, 0.1) is 0 Å². The Morgan fingerprint density at radius 2 is 2.26 bits per heavy atom. The third kappa shape index (κ3) is 3.45. The number of benzene rings is 1. The number of aromatic nitrogens is 3. The van der Waals surface area contributed by atoms with E-state index < -0.39 is 6.61 Å². The molecule has 0 spiro atoms. The van der Waals surface area contributed by atoms with Gasteiger partial charge in [-0.2, -0.15) is 13.9 Å². The number of hydrogen-bond acceptors (Lipinski definition) is 5. The van der Waals surface area contributed by atoms with Crippen molar-refractivity contribution in [1.82, 2.24) is 20.1 Å². The van der Waals surface area contributed by atoms with Gasteiger partial charge in [0.1, 0.15) is 5.75 Å². The fourth-order valence-corrected chi connectivity index (χ4v) is 3.10. The molecule has 1 atom stereocenters. The van der Waals surface area contributed by atoms with Crippen molar-refractivity contribution in [2.24, 2.45) is 0 Å². The van der Waals surface area contributed by atoms with Crippen molar-refractivity contribution in [3.63, 3.8) is 0 Å². The van der Waals surface area contributed by atoms with E-state index in [0.29, 0.717) is 29.7 Å². The van der Waals surface area contributed by atoms with Crippen molar-refractivity contribution < 1.29 is 18.3 Å². The summed E-state index contributed by atoms with van der Waals surface area (Å²) in [5.41, 5.74) is 1.98. The van der Waals surface area contributed by atoms with E-state index in [1.165, 1.54) is 18.3 Å². The molecule has 0 aliphatic carbocycles. The van der Waals surface area contributed by atoms with E-state index >= 15 is 0 Å². The van der Waals surface area contributed by atoms with Crippen LogP contribution >= 0.6 is 0 Å². The van der Waals surface area contributed by atoms with Crippen LogP contribution in [0.4, 0.5) is 14.5 Å². The van der Waals surface area contributed by atoms with Crippen molar-refractivity contribution in [3.8, 4) is 5.75 Å². The van der Waals surface area contributed by atoms with Crippen LogP contribution in [0.15, 0.2) is 36.5 Å². The number of halogens is 2. The van der Waals surface area contributed by atoms with E-state index in [4.69, 9.17) is 0 Å². The van der Waals surface area contributed by atoms with Crippen LogP contribution < -0.4 is 15.4 Å². The largest absolute Gasteiger partial charge is 0.434 e. The summed E-state index contributed by atoms with van der Waals surface area (Å²) in [6, 6.07) is 8.11. The number of anilines is 1. The molecule has 0 saturated heterocycles. The lowest BCUT2D eigenvalue weighted by Crippen LogP contribution is -2.36. The summed E-state index contributed by atoms with van der Waals surface area (Å²) in [7, 11) is 0. The third-order valence-corrected chi connectivity index (χ3v) is 4.37. The molecule has 140 valence electrons. The standard InChI is InChI=1S/C18H17F2N5O2/c1-10-9-25-11(8-22-10)7-14(24-25)17(26)23-13-4-5-15(27-18(19)20)12-3-2-6-21-16(12)13/h2-7,10,18,22H,8-9H2,1H3,(H,23,26). The number of hydrogen-bond donors (Lipinski definition) is 2. The molecule has 1 aromatic carbocycles. The van der Waals surface area contributed by atoms with Gasteiger partial charge in [-0.25, -0.2) is 0 Å². The van der Waals surface area contributed by atoms with Gasteiger partial charge in [0, 0.05) is 24.2 Å². The number of fused-ring (bicyclic) bond motifs is 2. The van der Waals surface area contributed by atoms with Crippen molar-refractivity contribution >= 4 is 22.5 Å². The fourth-order valence-electron chi connectivity index (χ4n) is 3.10. The monoisotopic (exact) mass is 373 g/mol. The highest BCUT2D eigenvalue weighted by Crippen LogP contribution is 2.31. The highest BCUT2D eigenvalue weighted by molar-refractivity contribution is 6.08. The lowest BCUT2D eigenvalue weighted by Gasteiger charge is -2.21. The summed E-state index contributed by atoms with van der Waals surface area (Å²) in [5, 5.41) is 10.8. The molecule has 1 unspecified atom stereocenters. The first-order chi connectivity index (χ1) is 13.0. The summed E-state index contributed by atoms with van der Waals surface area (Å²) in [4.78, 5) is 16.8. The smallest absolute Gasteiger partial charge is 0.387 e. The molecular formula is C18H17F2N5O2. The van der Waals surface area contributed by atoms with Crippen molar-refractivity contribution in [2.45, 2.75) is 32.7 Å². The number of pyridine rings is 1. The first-order valence-electron chi connectivity index (χ1n) is 8.45.